The van der Waals surface area contributed by atoms with Gasteiger partial charge in [0.1, 0.15) is 11.9 Å². The maximum atomic E-state index is 6.19. The second-order valence-corrected chi connectivity index (χ2v) is 6.68. The normalized spacial score (nSPS) is 30.7. The molecule has 0 aromatic heterocycles. The largest absolute Gasteiger partial charge is 0.490 e. The minimum absolute atomic E-state index is 0.0729. The molecule has 2 aliphatic rings. The first-order valence-electron chi connectivity index (χ1n) is 6.84. The van der Waals surface area contributed by atoms with Gasteiger partial charge in [-0.05, 0) is 18.2 Å². The van der Waals surface area contributed by atoms with Crippen LogP contribution in [0.5, 0.6) is 5.75 Å². The van der Waals surface area contributed by atoms with Crippen LogP contribution in [0.2, 0.25) is 0 Å². The molecule has 0 aliphatic carbocycles. The summed E-state index contributed by atoms with van der Waals surface area (Å²) in [6.45, 7) is 0.814. The molecule has 2 heterocycles. The Balaban J connectivity index is 1.69. The van der Waals surface area contributed by atoms with Gasteiger partial charge >= 0.3 is 0 Å². The predicted molar refractivity (Wildman–Crippen MR) is 80.3 cm³/mol. The summed E-state index contributed by atoms with van der Waals surface area (Å²) in [5, 5.41) is 0. The Kier molecular flexibility index (Phi) is 4.25. The van der Waals surface area contributed by atoms with Crippen molar-refractivity contribution in [2.24, 2.45) is 0 Å². The molecule has 1 aromatic carbocycles. The maximum Gasteiger partial charge on any atom is 0.124 e. The van der Waals surface area contributed by atoms with Crippen LogP contribution in [0.3, 0.4) is 0 Å². The summed E-state index contributed by atoms with van der Waals surface area (Å²) in [7, 11) is 0. The fourth-order valence-electron chi connectivity index (χ4n) is 2.86. The molecule has 3 rings (SSSR count). The zero-order chi connectivity index (χ0) is 13.1. The van der Waals surface area contributed by atoms with E-state index in [-0.39, 0.29) is 11.7 Å². The van der Waals surface area contributed by atoms with E-state index in [9.17, 15) is 0 Å². The van der Waals surface area contributed by atoms with E-state index in [4.69, 9.17) is 21.1 Å². The second-order valence-electron chi connectivity index (χ2n) is 5.31. The lowest BCUT2D eigenvalue weighted by atomic mass is 9.91. The van der Waals surface area contributed by atoms with E-state index in [1.165, 1.54) is 5.75 Å². The number of benzene rings is 1. The number of hydrogen-bond donors (Lipinski definition) is 0. The number of hydrogen-bond acceptors (Lipinski definition) is 3. The van der Waals surface area contributed by atoms with Crippen LogP contribution in [0.25, 0.3) is 0 Å². The molecular weight excluding hydrogens is 280 g/mol. The van der Waals surface area contributed by atoms with Gasteiger partial charge in [0.25, 0.3) is 0 Å². The Bertz CT molecular complexity index is 432. The van der Waals surface area contributed by atoms with Crippen molar-refractivity contribution >= 4 is 23.4 Å². The molecule has 2 atom stereocenters. The second kappa shape index (κ2) is 5.94. The van der Waals surface area contributed by atoms with Crippen molar-refractivity contribution < 1.29 is 9.47 Å². The van der Waals surface area contributed by atoms with Gasteiger partial charge in [-0.25, -0.2) is 0 Å². The first-order valence-corrected chi connectivity index (χ1v) is 8.52. The number of para-hydroxylation sites is 1. The van der Waals surface area contributed by atoms with E-state index >= 15 is 0 Å². The quantitative estimate of drug-likeness (QED) is 0.790. The van der Waals surface area contributed by atoms with Gasteiger partial charge in [0, 0.05) is 24.2 Å². The molecule has 4 heteroatoms. The third-order valence-corrected chi connectivity index (χ3v) is 5.44. The Morgan fingerprint density at radius 2 is 2.32 bits per heavy atom. The lowest BCUT2D eigenvalue weighted by Crippen LogP contribution is -2.43. The zero-order valence-electron chi connectivity index (χ0n) is 10.9. The van der Waals surface area contributed by atoms with Gasteiger partial charge in [0.15, 0.2) is 0 Å². The van der Waals surface area contributed by atoms with Crippen LogP contribution in [0.15, 0.2) is 24.3 Å². The summed E-state index contributed by atoms with van der Waals surface area (Å²) in [6, 6.07) is 8.06. The van der Waals surface area contributed by atoms with E-state index in [0.29, 0.717) is 5.88 Å². The van der Waals surface area contributed by atoms with E-state index in [0.717, 1.165) is 42.9 Å². The molecule has 0 amide bonds. The molecular formula is C15H19ClO2S. The summed E-state index contributed by atoms with van der Waals surface area (Å²) >= 11 is 7.96. The molecule has 2 nitrogen and oxygen atoms in total. The SMILES string of the molecule is ClCc1ccccc1OC1CCOC2(CCSC2)C1. The fraction of sp³-hybridized carbons (Fsp3) is 0.600. The van der Waals surface area contributed by atoms with Gasteiger partial charge in [-0.2, -0.15) is 11.8 Å². The van der Waals surface area contributed by atoms with Crippen LogP contribution in [-0.2, 0) is 10.6 Å². The highest BCUT2D eigenvalue weighted by molar-refractivity contribution is 7.99. The topological polar surface area (TPSA) is 18.5 Å². The number of thioether (sulfide) groups is 1. The van der Waals surface area contributed by atoms with Crippen molar-refractivity contribution in [2.45, 2.75) is 36.8 Å². The monoisotopic (exact) mass is 298 g/mol. The summed E-state index contributed by atoms with van der Waals surface area (Å²) in [5.74, 6) is 3.76. The number of halogens is 1. The molecule has 2 unspecified atom stereocenters. The molecule has 1 spiro atoms. The van der Waals surface area contributed by atoms with Crippen LogP contribution in [0.1, 0.15) is 24.8 Å². The van der Waals surface area contributed by atoms with Crippen molar-refractivity contribution in [3.63, 3.8) is 0 Å². The first-order chi connectivity index (χ1) is 9.31. The third-order valence-electron chi connectivity index (χ3n) is 3.93. The lowest BCUT2D eigenvalue weighted by Gasteiger charge is -2.37. The van der Waals surface area contributed by atoms with E-state index in [2.05, 4.69) is 0 Å². The highest BCUT2D eigenvalue weighted by atomic mass is 35.5. The first kappa shape index (κ1) is 13.6. The van der Waals surface area contributed by atoms with Gasteiger partial charge in [-0.3, -0.25) is 0 Å². The van der Waals surface area contributed by atoms with Crippen molar-refractivity contribution in [3.05, 3.63) is 29.8 Å². The smallest absolute Gasteiger partial charge is 0.124 e. The minimum Gasteiger partial charge on any atom is -0.490 e. The van der Waals surface area contributed by atoms with Gasteiger partial charge in [-0.1, -0.05) is 18.2 Å². The van der Waals surface area contributed by atoms with Crippen LogP contribution >= 0.6 is 23.4 Å². The van der Waals surface area contributed by atoms with Crippen molar-refractivity contribution in [1.82, 2.24) is 0 Å². The summed E-state index contributed by atoms with van der Waals surface area (Å²) in [4.78, 5) is 0. The van der Waals surface area contributed by atoms with Crippen molar-refractivity contribution in [2.75, 3.05) is 18.1 Å². The van der Waals surface area contributed by atoms with E-state index in [1.54, 1.807) is 0 Å². The van der Waals surface area contributed by atoms with Crippen LogP contribution < -0.4 is 4.74 Å². The van der Waals surface area contributed by atoms with Gasteiger partial charge < -0.3 is 9.47 Å². The molecule has 0 saturated carbocycles. The van der Waals surface area contributed by atoms with Crippen LogP contribution in [-0.4, -0.2) is 29.8 Å². The molecule has 0 bridgehead atoms. The van der Waals surface area contributed by atoms with Crippen LogP contribution in [0.4, 0.5) is 0 Å². The molecule has 0 N–H and O–H groups in total. The van der Waals surface area contributed by atoms with Crippen LogP contribution in [0, 0.1) is 0 Å². The number of rotatable bonds is 3. The Hall–Kier alpha value is -0.380. The Morgan fingerprint density at radius 3 is 3.11 bits per heavy atom. The predicted octanol–water partition coefficient (Wildman–Crippen LogP) is 3.86. The Morgan fingerprint density at radius 1 is 1.42 bits per heavy atom. The van der Waals surface area contributed by atoms with Gasteiger partial charge in [0.05, 0.1) is 18.1 Å². The molecule has 2 saturated heterocycles. The maximum absolute atomic E-state index is 6.19. The highest BCUT2D eigenvalue weighted by Crippen LogP contribution is 2.39. The van der Waals surface area contributed by atoms with Gasteiger partial charge in [0.2, 0.25) is 0 Å². The number of alkyl halides is 1. The van der Waals surface area contributed by atoms with E-state index < -0.39 is 0 Å². The molecule has 2 aliphatic heterocycles. The molecule has 104 valence electrons. The molecule has 2 fully saturated rings. The lowest BCUT2D eigenvalue weighted by molar-refractivity contribution is -0.0960. The molecule has 0 radical (unpaired) electrons. The highest BCUT2D eigenvalue weighted by Gasteiger charge is 2.41. The Labute approximate surface area is 123 Å². The van der Waals surface area contributed by atoms with Crippen molar-refractivity contribution in [1.29, 1.82) is 0 Å². The minimum atomic E-state index is 0.0729. The molecule has 19 heavy (non-hydrogen) atoms. The zero-order valence-corrected chi connectivity index (χ0v) is 12.5. The van der Waals surface area contributed by atoms with E-state index in [1.807, 2.05) is 36.0 Å². The molecule has 1 aromatic rings. The fourth-order valence-corrected chi connectivity index (χ4v) is 4.45. The van der Waals surface area contributed by atoms with Crippen molar-refractivity contribution in [3.8, 4) is 5.75 Å². The van der Waals surface area contributed by atoms with Gasteiger partial charge in [-0.15, -0.1) is 11.6 Å². The third kappa shape index (κ3) is 3.04. The summed E-state index contributed by atoms with van der Waals surface area (Å²) < 4.78 is 12.2. The average molecular weight is 299 g/mol. The summed E-state index contributed by atoms with van der Waals surface area (Å²) in [5.41, 5.74) is 1.15. The summed E-state index contributed by atoms with van der Waals surface area (Å²) in [6.07, 6.45) is 3.41. The standard InChI is InChI=1S/C15H19ClO2S/c16-10-12-3-1-2-4-14(12)18-13-5-7-17-15(9-13)6-8-19-11-15/h1-4,13H,5-11H2. The number of ether oxygens (including phenoxy) is 2. The average Bonchev–Trinajstić information content (AvgIpc) is 2.87.